The van der Waals surface area contributed by atoms with Crippen molar-refractivity contribution in [2.45, 2.75) is 45.1 Å². The summed E-state index contributed by atoms with van der Waals surface area (Å²) in [5.74, 6) is -1.03. The lowest BCUT2D eigenvalue weighted by atomic mass is 9.93. The molecule has 194 valence electrons. The van der Waals surface area contributed by atoms with Crippen molar-refractivity contribution in [3.05, 3.63) is 58.1 Å². The summed E-state index contributed by atoms with van der Waals surface area (Å²) in [5, 5.41) is 5.04. The van der Waals surface area contributed by atoms with Crippen LogP contribution in [0.1, 0.15) is 44.6 Å². The zero-order valence-electron chi connectivity index (χ0n) is 20.4. The first-order valence-corrected chi connectivity index (χ1v) is 13.0. The predicted octanol–water partition coefficient (Wildman–Crippen LogP) is 4.66. The van der Waals surface area contributed by atoms with Crippen molar-refractivity contribution in [1.29, 1.82) is 0 Å². The van der Waals surface area contributed by atoms with Crippen LogP contribution in [0.25, 0.3) is 6.08 Å². The van der Waals surface area contributed by atoms with Gasteiger partial charge in [0.2, 0.25) is 0 Å². The van der Waals surface area contributed by atoms with Crippen LogP contribution < -0.4 is 20.1 Å². The van der Waals surface area contributed by atoms with Crippen molar-refractivity contribution in [2.24, 2.45) is 0 Å². The molecule has 2 fully saturated rings. The first-order valence-electron chi connectivity index (χ1n) is 12.2. The molecular formula is C27H28BrN3O6. The first kappa shape index (κ1) is 26.4. The SMILES string of the molecule is CCOc1cc(C=C2C(=O)NC(=O)N(C3CCCCC3)C2=O)c(Br)cc1OCC(=O)Nc1ccccc1. The van der Waals surface area contributed by atoms with Gasteiger partial charge >= 0.3 is 6.03 Å². The molecule has 1 aliphatic carbocycles. The number of hydrogen-bond donors (Lipinski definition) is 2. The van der Waals surface area contributed by atoms with Crippen molar-refractivity contribution >= 4 is 51.4 Å². The van der Waals surface area contributed by atoms with Gasteiger partial charge in [0.05, 0.1) is 6.61 Å². The molecule has 10 heteroatoms. The highest BCUT2D eigenvalue weighted by atomic mass is 79.9. The van der Waals surface area contributed by atoms with Gasteiger partial charge in [-0.2, -0.15) is 0 Å². The Morgan fingerprint density at radius 1 is 1.08 bits per heavy atom. The Morgan fingerprint density at radius 3 is 2.49 bits per heavy atom. The first-order chi connectivity index (χ1) is 17.9. The van der Waals surface area contributed by atoms with E-state index in [1.807, 2.05) is 18.2 Å². The number of hydrogen-bond acceptors (Lipinski definition) is 6. The van der Waals surface area contributed by atoms with Crippen molar-refractivity contribution < 1.29 is 28.7 Å². The topological polar surface area (TPSA) is 114 Å². The molecule has 2 aromatic carbocycles. The summed E-state index contributed by atoms with van der Waals surface area (Å²) >= 11 is 3.46. The van der Waals surface area contributed by atoms with Crippen LogP contribution in [0.15, 0.2) is 52.5 Å². The molecule has 37 heavy (non-hydrogen) atoms. The van der Waals surface area contributed by atoms with Crippen molar-refractivity contribution in [3.63, 3.8) is 0 Å². The highest BCUT2D eigenvalue weighted by molar-refractivity contribution is 9.10. The molecule has 2 aliphatic rings. The molecule has 0 unspecified atom stereocenters. The average Bonchev–Trinajstić information content (AvgIpc) is 2.88. The second kappa shape index (κ2) is 12.1. The molecule has 1 heterocycles. The van der Waals surface area contributed by atoms with Gasteiger partial charge in [-0.3, -0.25) is 24.6 Å². The van der Waals surface area contributed by atoms with Crippen LogP contribution in [0.2, 0.25) is 0 Å². The quantitative estimate of drug-likeness (QED) is 0.353. The number of para-hydroxylation sites is 1. The van der Waals surface area contributed by atoms with Crippen LogP contribution in [0.4, 0.5) is 10.5 Å². The molecule has 0 bridgehead atoms. The van der Waals surface area contributed by atoms with E-state index in [4.69, 9.17) is 9.47 Å². The van der Waals surface area contributed by atoms with Gasteiger partial charge in [0.1, 0.15) is 5.57 Å². The second-order valence-corrected chi connectivity index (χ2v) is 9.59. The molecule has 1 aliphatic heterocycles. The zero-order chi connectivity index (χ0) is 26.4. The minimum absolute atomic E-state index is 0.135. The van der Waals surface area contributed by atoms with E-state index in [1.54, 1.807) is 31.2 Å². The summed E-state index contributed by atoms with van der Waals surface area (Å²) in [6, 6.07) is 11.4. The number of amides is 5. The summed E-state index contributed by atoms with van der Waals surface area (Å²) in [5.41, 5.74) is 1.01. The molecule has 1 saturated heterocycles. The average molecular weight is 570 g/mol. The van der Waals surface area contributed by atoms with Crippen LogP contribution in [0.5, 0.6) is 11.5 Å². The molecule has 5 amide bonds. The van der Waals surface area contributed by atoms with Gasteiger partial charge in [0.15, 0.2) is 18.1 Å². The fourth-order valence-corrected chi connectivity index (χ4v) is 4.84. The van der Waals surface area contributed by atoms with Crippen molar-refractivity contribution in [1.82, 2.24) is 10.2 Å². The Labute approximate surface area is 223 Å². The zero-order valence-corrected chi connectivity index (χ0v) is 22.0. The lowest BCUT2D eigenvalue weighted by Crippen LogP contribution is -2.58. The Morgan fingerprint density at radius 2 is 1.78 bits per heavy atom. The van der Waals surface area contributed by atoms with Crippen molar-refractivity contribution in [3.8, 4) is 11.5 Å². The second-order valence-electron chi connectivity index (χ2n) is 8.74. The fraction of sp³-hybridized carbons (Fsp3) is 0.333. The summed E-state index contributed by atoms with van der Waals surface area (Å²) < 4.78 is 11.9. The number of imide groups is 2. The normalized spacial score (nSPS) is 17.5. The maximum Gasteiger partial charge on any atom is 0.331 e. The lowest BCUT2D eigenvalue weighted by Gasteiger charge is -2.35. The predicted molar refractivity (Wildman–Crippen MR) is 141 cm³/mol. The molecule has 9 nitrogen and oxygen atoms in total. The molecule has 2 N–H and O–H groups in total. The van der Waals surface area contributed by atoms with E-state index in [0.29, 0.717) is 33.8 Å². The number of barbiturate groups is 1. The smallest absolute Gasteiger partial charge is 0.331 e. The van der Waals surface area contributed by atoms with Gasteiger partial charge < -0.3 is 14.8 Å². The Balaban J connectivity index is 1.55. The summed E-state index contributed by atoms with van der Waals surface area (Å²) in [4.78, 5) is 51.8. The molecule has 4 rings (SSSR count). The standard InChI is InChI=1S/C27H28BrN3O6/c1-2-36-22-14-17(21(28)15-23(22)37-16-24(32)29-18-9-5-3-6-10-18)13-20-25(33)30-27(35)31(26(20)34)19-11-7-4-8-12-19/h3,5-6,9-10,13-15,19H,2,4,7-8,11-12,16H2,1H3,(H,29,32)(H,30,33,35). The maximum absolute atomic E-state index is 13.2. The number of nitrogens with one attached hydrogen (secondary N) is 2. The summed E-state index contributed by atoms with van der Waals surface area (Å²) in [6.45, 7) is 1.88. The minimum atomic E-state index is -0.746. The van der Waals surface area contributed by atoms with Crippen LogP contribution in [0.3, 0.4) is 0 Å². The number of benzene rings is 2. The van der Waals surface area contributed by atoms with Gasteiger partial charge in [-0.1, -0.05) is 53.4 Å². The van der Waals surface area contributed by atoms with Crippen LogP contribution in [-0.4, -0.2) is 47.9 Å². The highest BCUT2D eigenvalue weighted by Crippen LogP contribution is 2.36. The van der Waals surface area contributed by atoms with E-state index in [1.165, 1.54) is 11.0 Å². The van der Waals surface area contributed by atoms with Gasteiger partial charge in [-0.05, 0) is 55.7 Å². The number of urea groups is 1. The van der Waals surface area contributed by atoms with E-state index in [9.17, 15) is 19.2 Å². The van der Waals surface area contributed by atoms with E-state index in [2.05, 4.69) is 26.6 Å². The number of halogens is 1. The third-order valence-corrected chi connectivity index (χ3v) is 6.84. The van der Waals surface area contributed by atoms with E-state index >= 15 is 0 Å². The number of rotatable bonds is 8. The van der Waals surface area contributed by atoms with E-state index in [-0.39, 0.29) is 24.1 Å². The Hall–Kier alpha value is -3.66. The maximum atomic E-state index is 13.2. The van der Waals surface area contributed by atoms with Gasteiger partial charge in [0.25, 0.3) is 17.7 Å². The summed E-state index contributed by atoms with van der Waals surface area (Å²) in [7, 11) is 0. The number of nitrogens with zero attached hydrogens (tertiary/aromatic N) is 1. The van der Waals surface area contributed by atoms with Crippen molar-refractivity contribution in [2.75, 3.05) is 18.5 Å². The van der Waals surface area contributed by atoms with Gasteiger partial charge in [-0.25, -0.2) is 4.79 Å². The summed E-state index contributed by atoms with van der Waals surface area (Å²) in [6.07, 6.45) is 5.81. The third kappa shape index (κ3) is 6.37. The monoisotopic (exact) mass is 569 g/mol. The molecule has 0 radical (unpaired) electrons. The minimum Gasteiger partial charge on any atom is -0.490 e. The highest BCUT2D eigenvalue weighted by Gasteiger charge is 2.40. The van der Waals surface area contributed by atoms with E-state index in [0.717, 1.165) is 32.1 Å². The third-order valence-electron chi connectivity index (χ3n) is 6.15. The fourth-order valence-electron chi connectivity index (χ4n) is 4.40. The van der Waals surface area contributed by atoms with E-state index < -0.39 is 17.8 Å². The lowest BCUT2D eigenvalue weighted by molar-refractivity contribution is -0.132. The molecule has 0 spiro atoms. The van der Waals surface area contributed by atoms with Gasteiger partial charge in [-0.15, -0.1) is 0 Å². The largest absolute Gasteiger partial charge is 0.490 e. The number of carbonyl (C=O) groups is 4. The Bertz CT molecular complexity index is 1220. The molecule has 0 atom stereocenters. The molecule has 1 saturated carbocycles. The Kier molecular flexibility index (Phi) is 8.60. The van der Waals surface area contributed by atoms with Crippen LogP contribution in [0, 0.1) is 0 Å². The number of carbonyl (C=O) groups excluding carboxylic acids is 4. The van der Waals surface area contributed by atoms with Crippen LogP contribution >= 0.6 is 15.9 Å². The molecule has 0 aromatic heterocycles. The molecule has 2 aromatic rings. The number of anilines is 1. The molecular weight excluding hydrogens is 542 g/mol. The van der Waals surface area contributed by atoms with Crippen LogP contribution in [-0.2, 0) is 14.4 Å². The van der Waals surface area contributed by atoms with Gasteiger partial charge in [0, 0.05) is 16.2 Å². The number of ether oxygens (including phenoxy) is 2.